The van der Waals surface area contributed by atoms with E-state index in [2.05, 4.69) is 140 Å². The number of benzene rings is 6. The minimum atomic E-state index is 0.788. The van der Waals surface area contributed by atoms with Crippen molar-refractivity contribution < 1.29 is 4.42 Å². The summed E-state index contributed by atoms with van der Waals surface area (Å²) in [5, 5.41) is 7.17. The van der Waals surface area contributed by atoms with E-state index in [0.29, 0.717) is 0 Å². The Morgan fingerprint density at radius 2 is 1.11 bits per heavy atom. The monoisotopic (exact) mass is 563 g/mol. The predicted octanol–water partition coefficient (Wildman–Crippen LogP) is 12.0. The van der Waals surface area contributed by atoms with Crippen molar-refractivity contribution in [1.82, 2.24) is 4.98 Å². The third-order valence-electron chi connectivity index (χ3n) is 8.60. The van der Waals surface area contributed by atoms with Gasteiger partial charge in [-0.25, -0.2) is 4.98 Å². The molecule has 8 aromatic rings. The number of fused-ring (bicyclic) bond motifs is 7. The third-order valence-corrected chi connectivity index (χ3v) is 8.60. The summed E-state index contributed by atoms with van der Waals surface area (Å²) in [6, 6.07) is 45.2. The van der Waals surface area contributed by atoms with Gasteiger partial charge >= 0.3 is 0 Å². The summed E-state index contributed by atoms with van der Waals surface area (Å²) in [7, 11) is 0. The van der Waals surface area contributed by atoms with Gasteiger partial charge in [-0.05, 0) is 58.0 Å². The Morgan fingerprint density at radius 1 is 0.545 bits per heavy atom. The summed E-state index contributed by atoms with van der Waals surface area (Å²) in [6.07, 6.45) is 5.91. The Labute approximate surface area is 256 Å². The molecule has 6 aromatic carbocycles. The minimum absolute atomic E-state index is 0.788. The molecule has 0 aliphatic heterocycles. The molecule has 8 rings (SSSR count). The molecule has 0 saturated heterocycles. The van der Waals surface area contributed by atoms with Crippen LogP contribution in [0.2, 0.25) is 0 Å². The van der Waals surface area contributed by atoms with Gasteiger partial charge in [0.1, 0.15) is 11.3 Å². The molecule has 2 nitrogen and oxygen atoms in total. The molecule has 44 heavy (non-hydrogen) atoms. The van der Waals surface area contributed by atoms with Crippen molar-refractivity contribution in [2.75, 3.05) is 0 Å². The molecule has 0 aliphatic rings. The predicted molar refractivity (Wildman–Crippen MR) is 188 cm³/mol. The second-order valence-electron chi connectivity index (χ2n) is 11.1. The van der Waals surface area contributed by atoms with Crippen LogP contribution in [-0.4, -0.2) is 4.98 Å². The van der Waals surface area contributed by atoms with Crippen molar-refractivity contribution in [1.29, 1.82) is 0 Å². The molecule has 0 N–H and O–H groups in total. The molecule has 0 amide bonds. The van der Waals surface area contributed by atoms with Gasteiger partial charge in [-0.1, -0.05) is 134 Å². The zero-order valence-electron chi connectivity index (χ0n) is 24.4. The number of allylic oxidation sites excluding steroid dienone is 1. The Morgan fingerprint density at radius 3 is 1.82 bits per heavy atom. The number of nitrogens with zero attached hydrogens (tertiary/aromatic N) is 1. The molecular weight excluding hydrogens is 534 g/mol. The second kappa shape index (κ2) is 10.5. The average molecular weight is 564 g/mol. The van der Waals surface area contributed by atoms with Crippen LogP contribution in [-0.2, 0) is 0 Å². The Balaban J connectivity index is 1.23. The van der Waals surface area contributed by atoms with Crippen LogP contribution in [0, 0.1) is 0 Å². The number of aromatic nitrogens is 1. The van der Waals surface area contributed by atoms with E-state index in [1.165, 1.54) is 26.9 Å². The van der Waals surface area contributed by atoms with Crippen LogP contribution >= 0.6 is 0 Å². The lowest BCUT2D eigenvalue weighted by Crippen LogP contribution is -1.90. The molecule has 0 spiro atoms. The zero-order chi connectivity index (χ0) is 29.6. The van der Waals surface area contributed by atoms with Crippen LogP contribution in [0.1, 0.15) is 18.2 Å². The molecule has 0 fully saturated rings. The first-order chi connectivity index (χ1) is 21.7. The van der Waals surface area contributed by atoms with Crippen LogP contribution in [0.3, 0.4) is 0 Å². The first-order valence-corrected chi connectivity index (χ1v) is 15.0. The highest BCUT2D eigenvalue weighted by atomic mass is 16.3. The minimum Gasteiger partial charge on any atom is -0.455 e. The van der Waals surface area contributed by atoms with E-state index in [9.17, 15) is 0 Å². The van der Waals surface area contributed by atoms with E-state index in [4.69, 9.17) is 9.40 Å². The number of pyridine rings is 1. The highest BCUT2D eigenvalue weighted by Gasteiger charge is 2.17. The summed E-state index contributed by atoms with van der Waals surface area (Å²) in [6.45, 7) is 6.00. The number of hydrogen-bond donors (Lipinski definition) is 0. The maximum Gasteiger partial charge on any atom is 0.143 e. The van der Waals surface area contributed by atoms with Crippen molar-refractivity contribution >= 4 is 55.6 Å². The second-order valence-corrected chi connectivity index (χ2v) is 11.1. The summed E-state index contributed by atoms with van der Waals surface area (Å²) in [4.78, 5) is 5.23. The molecular formula is C42H29NO. The summed E-state index contributed by atoms with van der Waals surface area (Å²) in [5.41, 5.74) is 9.51. The van der Waals surface area contributed by atoms with E-state index in [-0.39, 0.29) is 0 Å². The van der Waals surface area contributed by atoms with Crippen LogP contribution in [0.15, 0.2) is 144 Å². The molecule has 0 atom stereocenters. The molecule has 0 bridgehead atoms. The fourth-order valence-corrected chi connectivity index (χ4v) is 6.57. The van der Waals surface area contributed by atoms with Crippen molar-refractivity contribution in [3.63, 3.8) is 0 Å². The number of furan rings is 1. The van der Waals surface area contributed by atoms with Gasteiger partial charge in [0.05, 0.1) is 11.2 Å². The smallest absolute Gasteiger partial charge is 0.143 e. The fourth-order valence-electron chi connectivity index (χ4n) is 6.57. The van der Waals surface area contributed by atoms with Crippen LogP contribution in [0.5, 0.6) is 0 Å². The maximum absolute atomic E-state index is 6.37. The molecule has 2 heterocycles. The molecule has 2 heteroatoms. The molecule has 0 saturated carbocycles. The van der Waals surface area contributed by atoms with E-state index in [1.807, 2.05) is 13.0 Å². The summed E-state index contributed by atoms with van der Waals surface area (Å²) in [5.74, 6) is 0.788. The lowest BCUT2D eigenvalue weighted by atomic mass is 9.92. The fraction of sp³-hybridized carbons (Fsp3) is 0.0238. The molecule has 0 radical (unpaired) electrons. The van der Waals surface area contributed by atoms with Crippen LogP contribution < -0.4 is 0 Å². The van der Waals surface area contributed by atoms with E-state index in [0.717, 1.165) is 61.3 Å². The van der Waals surface area contributed by atoms with E-state index in [1.54, 1.807) is 6.08 Å². The van der Waals surface area contributed by atoms with Gasteiger partial charge in [-0.3, -0.25) is 0 Å². The topological polar surface area (TPSA) is 26.0 Å². The van der Waals surface area contributed by atoms with Gasteiger partial charge in [0, 0.05) is 32.8 Å². The molecule has 0 unspecified atom stereocenters. The zero-order valence-corrected chi connectivity index (χ0v) is 24.4. The van der Waals surface area contributed by atoms with Gasteiger partial charge in [0.15, 0.2) is 0 Å². The Hall–Kier alpha value is -5.73. The highest BCUT2D eigenvalue weighted by Crippen LogP contribution is 2.40. The summed E-state index contributed by atoms with van der Waals surface area (Å²) < 4.78 is 6.37. The molecule has 208 valence electrons. The Kier molecular flexibility index (Phi) is 6.20. The largest absolute Gasteiger partial charge is 0.455 e. The lowest BCUT2D eigenvalue weighted by molar-refractivity contribution is 0.604. The van der Waals surface area contributed by atoms with Gasteiger partial charge < -0.3 is 4.42 Å². The van der Waals surface area contributed by atoms with Crippen LogP contribution in [0.4, 0.5) is 0 Å². The van der Waals surface area contributed by atoms with Crippen molar-refractivity contribution in [2.45, 2.75) is 6.92 Å². The number of para-hydroxylation sites is 1. The highest BCUT2D eigenvalue weighted by molar-refractivity contribution is 6.24. The number of rotatable bonds is 5. The van der Waals surface area contributed by atoms with Crippen molar-refractivity contribution in [2.24, 2.45) is 0 Å². The van der Waals surface area contributed by atoms with Gasteiger partial charge in [-0.15, -0.1) is 0 Å². The molecule has 0 aliphatic carbocycles. The van der Waals surface area contributed by atoms with Gasteiger partial charge in [0.2, 0.25) is 0 Å². The van der Waals surface area contributed by atoms with E-state index >= 15 is 0 Å². The Bertz CT molecular complexity index is 2370. The average Bonchev–Trinajstić information content (AvgIpc) is 3.46. The van der Waals surface area contributed by atoms with Crippen LogP contribution in [0.25, 0.3) is 89.1 Å². The van der Waals surface area contributed by atoms with Gasteiger partial charge in [-0.2, -0.15) is 0 Å². The first-order valence-electron chi connectivity index (χ1n) is 15.0. The first kappa shape index (κ1) is 25.9. The van der Waals surface area contributed by atoms with Crippen molar-refractivity contribution in [3.8, 4) is 33.5 Å². The maximum atomic E-state index is 6.37. The standard InChI is InChI=1S/C42H29NO/c1-3-12-34-38-20-11-19-37(42(38)44-40(34)4-2)30-14-6-5-13-29(30)27-21-23-28(24-22-27)39-26-25-36-33-17-8-7-15-31(33)32-16-9-10-18-35(32)41(36)43-39/h3-26H,2H2,1H3/b12-3-. The third kappa shape index (κ3) is 4.07. The van der Waals surface area contributed by atoms with E-state index < -0.39 is 0 Å². The lowest BCUT2D eigenvalue weighted by Gasteiger charge is -2.13. The van der Waals surface area contributed by atoms with Gasteiger partial charge in [0.25, 0.3) is 0 Å². The SMILES string of the molecule is C=Cc1oc2c(-c3ccccc3-c3ccc(-c4ccc5c6ccccc6c6ccccc6c5n4)cc3)cccc2c1/C=C\C. The quantitative estimate of drug-likeness (QED) is 0.195. The molecule has 2 aromatic heterocycles. The summed E-state index contributed by atoms with van der Waals surface area (Å²) >= 11 is 0. The normalized spacial score (nSPS) is 11.8. The van der Waals surface area contributed by atoms with Crippen molar-refractivity contribution in [3.05, 3.63) is 151 Å². The number of hydrogen-bond acceptors (Lipinski definition) is 2.